The van der Waals surface area contributed by atoms with E-state index in [4.69, 9.17) is 0 Å². The van der Waals surface area contributed by atoms with Crippen LogP contribution >= 0.6 is 23.7 Å². The molecule has 1 saturated heterocycles. The van der Waals surface area contributed by atoms with Gasteiger partial charge in [-0.15, -0.1) is 23.7 Å². The molecule has 0 spiro atoms. The van der Waals surface area contributed by atoms with Crippen molar-refractivity contribution < 1.29 is 0 Å². The van der Waals surface area contributed by atoms with Gasteiger partial charge >= 0.3 is 0 Å². The van der Waals surface area contributed by atoms with Crippen molar-refractivity contribution >= 4 is 23.7 Å². The average molecular weight is 341 g/mol. The van der Waals surface area contributed by atoms with Crippen LogP contribution in [0.1, 0.15) is 24.1 Å². The van der Waals surface area contributed by atoms with Crippen molar-refractivity contribution in [3.8, 4) is 10.4 Å². The number of hydrogen-bond donors (Lipinski definition) is 1. The summed E-state index contributed by atoms with van der Waals surface area (Å²) in [5.41, 5.74) is 1.22. The first kappa shape index (κ1) is 17.5. The van der Waals surface area contributed by atoms with Crippen LogP contribution < -0.4 is 5.32 Å². The third kappa shape index (κ3) is 4.32. The Labute approximate surface area is 142 Å². The van der Waals surface area contributed by atoms with Crippen LogP contribution in [-0.2, 0) is 13.6 Å². The van der Waals surface area contributed by atoms with Gasteiger partial charge in [-0.25, -0.2) is 0 Å². The van der Waals surface area contributed by atoms with E-state index in [1.807, 2.05) is 29.3 Å². The summed E-state index contributed by atoms with van der Waals surface area (Å²) in [5.74, 6) is 0. The Hall–Kier alpha value is -0.880. The quantitative estimate of drug-likeness (QED) is 0.928. The highest BCUT2D eigenvalue weighted by Gasteiger charge is 2.17. The first-order valence-corrected chi connectivity index (χ1v) is 8.53. The fourth-order valence-electron chi connectivity index (χ4n) is 2.98. The van der Waals surface area contributed by atoms with Crippen LogP contribution in [0.25, 0.3) is 10.4 Å². The molecule has 2 aromatic heterocycles. The van der Waals surface area contributed by atoms with E-state index in [1.165, 1.54) is 41.1 Å². The molecule has 0 bridgehead atoms. The predicted octanol–water partition coefficient (Wildman–Crippen LogP) is 3.14. The highest BCUT2D eigenvalue weighted by atomic mass is 35.5. The van der Waals surface area contributed by atoms with E-state index < -0.39 is 0 Å². The Morgan fingerprint density at radius 2 is 2.23 bits per heavy atom. The lowest BCUT2D eigenvalue weighted by Gasteiger charge is -2.26. The third-order valence-electron chi connectivity index (χ3n) is 4.22. The van der Waals surface area contributed by atoms with Crippen molar-refractivity contribution in [2.75, 3.05) is 20.1 Å². The second kappa shape index (κ2) is 8.11. The molecule has 3 rings (SSSR count). The lowest BCUT2D eigenvalue weighted by molar-refractivity contribution is 0.218. The number of halogens is 1. The minimum Gasteiger partial charge on any atom is -0.317 e. The molecule has 4 nitrogen and oxygen atoms in total. The fraction of sp³-hybridized carbons (Fsp3) is 0.562. The summed E-state index contributed by atoms with van der Waals surface area (Å²) in [5, 5.41) is 7.74. The predicted molar refractivity (Wildman–Crippen MR) is 95.7 cm³/mol. The molecule has 1 aliphatic heterocycles. The van der Waals surface area contributed by atoms with Crippen molar-refractivity contribution in [2.24, 2.45) is 7.05 Å². The minimum absolute atomic E-state index is 0. The second-order valence-electron chi connectivity index (χ2n) is 5.92. The maximum atomic E-state index is 4.25. The lowest BCUT2D eigenvalue weighted by atomic mass is 10.1. The highest BCUT2D eigenvalue weighted by molar-refractivity contribution is 7.15. The van der Waals surface area contributed by atoms with E-state index >= 15 is 0 Å². The molecule has 1 atom stereocenters. The number of nitrogens with one attached hydrogen (secondary N) is 1. The van der Waals surface area contributed by atoms with E-state index in [-0.39, 0.29) is 12.4 Å². The molecular weight excluding hydrogens is 316 g/mol. The largest absolute Gasteiger partial charge is 0.317 e. The number of hydrogen-bond acceptors (Lipinski definition) is 4. The summed E-state index contributed by atoms with van der Waals surface area (Å²) < 4.78 is 1.86. The standard InChI is InChI=1S/C16H24N4S.ClH/c1-19(14-4-3-8-17-9-7-14)12-15-5-6-16(21-15)13-10-18-20(2)11-13;/h5-6,10-11,14,17H,3-4,7-9,12H2,1-2H3;1H. The van der Waals surface area contributed by atoms with E-state index in [0.717, 1.165) is 13.1 Å². The van der Waals surface area contributed by atoms with E-state index in [9.17, 15) is 0 Å². The van der Waals surface area contributed by atoms with Crippen LogP contribution in [-0.4, -0.2) is 40.9 Å². The van der Waals surface area contributed by atoms with Crippen molar-refractivity contribution in [1.29, 1.82) is 0 Å². The van der Waals surface area contributed by atoms with Gasteiger partial charge in [0, 0.05) is 41.1 Å². The van der Waals surface area contributed by atoms with Crippen molar-refractivity contribution in [2.45, 2.75) is 31.8 Å². The average Bonchev–Trinajstić information content (AvgIpc) is 3.00. The topological polar surface area (TPSA) is 33.1 Å². The SMILES string of the molecule is CN(Cc1ccc(-c2cnn(C)c2)s1)C1CCCNCC1.Cl. The van der Waals surface area contributed by atoms with Gasteiger partial charge in [0.15, 0.2) is 0 Å². The lowest BCUT2D eigenvalue weighted by Crippen LogP contribution is -2.31. The smallest absolute Gasteiger partial charge is 0.0576 e. The molecule has 1 unspecified atom stereocenters. The normalized spacial score (nSPS) is 19.0. The monoisotopic (exact) mass is 340 g/mol. The number of rotatable bonds is 4. The molecule has 2 aromatic rings. The van der Waals surface area contributed by atoms with Crippen molar-refractivity contribution in [3.63, 3.8) is 0 Å². The van der Waals surface area contributed by atoms with E-state index in [1.54, 1.807) is 0 Å². The number of aryl methyl sites for hydroxylation is 1. The fourth-order valence-corrected chi connectivity index (χ4v) is 4.03. The van der Waals surface area contributed by atoms with Crippen LogP contribution in [0.3, 0.4) is 0 Å². The van der Waals surface area contributed by atoms with Gasteiger partial charge in [-0.3, -0.25) is 9.58 Å². The van der Waals surface area contributed by atoms with Gasteiger partial charge in [0.2, 0.25) is 0 Å². The summed E-state index contributed by atoms with van der Waals surface area (Å²) in [4.78, 5) is 5.27. The van der Waals surface area contributed by atoms with E-state index in [2.05, 4.69) is 40.7 Å². The van der Waals surface area contributed by atoms with Gasteiger partial charge in [0.05, 0.1) is 6.20 Å². The van der Waals surface area contributed by atoms with Gasteiger partial charge in [-0.05, 0) is 51.5 Å². The molecule has 1 fully saturated rings. The zero-order valence-electron chi connectivity index (χ0n) is 13.3. The van der Waals surface area contributed by atoms with Crippen LogP contribution in [0.5, 0.6) is 0 Å². The van der Waals surface area contributed by atoms with Crippen molar-refractivity contribution in [1.82, 2.24) is 20.0 Å². The Morgan fingerprint density at radius 3 is 3.00 bits per heavy atom. The Kier molecular flexibility index (Phi) is 6.44. The van der Waals surface area contributed by atoms with Crippen LogP contribution in [0.15, 0.2) is 24.5 Å². The van der Waals surface area contributed by atoms with Crippen LogP contribution in [0.2, 0.25) is 0 Å². The number of nitrogens with zero attached hydrogens (tertiary/aromatic N) is 3. The molecule has 0 aliphatic carbocycles. The van der Waals surface area contributed by atoms with Gasteiger partial charge in [-0.2, -0.15) is 5.10 Å². The molecule has 3 heterocycles. The summed E-state index contributed by atoms with van der Waals surface area (Å²) in [7, 11) is 4.23. The van der Waals surface area contributed by atoms with Crippen molar-refractivity contribution in [3.05, 3.63) is 29.4 Å². The summed E-state index contributed by atoms with van der Waals surface area (Å²) >= 11 is 1.89. The second-order valence-corrected chi connectivity index (χ2v) is 7.09. The van der Waals surface area contributed by atoms with E-state index in [0.29, 0.717) is 6.04 Å². The zero-order chi connectivity index (χ0) is 14.7. The summed E-state index contributed by atoms with van der Waals surface area (Å²) in [6.45, 7) is 3.38. The van der Waals surface area contributed by atoms with Crippen LogP contribution in [0, 0.1) is 0 Å². The maximum absolute atomic E-state index is 4.25. The van der Waals surface area contributed by atoms with Gasteiger partial charge < -0.3 is 5.32 Å². The molecule has 122 valence electrons. The molecule has 6 heteroatoms. The Balaban J connectivity index is 0.00000176. The molecular formula is C16H25ClN4S. The molecule has 0 radical (unpaired) electrons. The first-order valence-electron chi connectivity index (χ1n) is 7.71. The highest BCUT2D eigenvalue weighted by Crippen LogP contribution is 2.29. The molecule has 22 heavy (non-hydrogen) atoms. The zero-order valence-corrected chi connectivity index (χ0v) is 14.9. The molecule has 0 amide bonds. The maximum Gasteiger partial charge on any atom is 0.0576 e. The first-order chi connectivity index (χ1) is 10.2. The number of thiophene rings is 1. The van der Waals surface area contributed by atoms with Gasteiger partial charge in [0.1, 0.15) is 0 Å². The van der Waals surface area contributed by atoms with Crippen LogP contribution in [0.4, 0.5) is 0 Å². The number of aromatic nitrogens is 2. The summed E-state index contributed by atoms with van der Waals surface area (Å²) in [6, 6.07) is 5.20. The molecule has 0 saturated carbocycles. The molecule has 1 aliphatic rings. The Morgan fingerprint density at radius 1 is 1.36 bits per heavy atom. The van der Waals surface area contributed by atoms with Gasteiger partial charge in [0.25, 0.3) is 0 Å². The Bertz CT molecular complexity index is 572. The summed E-state index contributed by atoms with van der Waals surface area (Å²) in [6.07, 6.45) is 7.88. The third-order valence-corrected chi connectivity index (χ3v) is 5.34. The van der Waals surface area contributed by atoms with Gasteiger partial charge in [-0.1, -0.05) is 0 Å². The minimum atomic E-state index is 0. The molecule has 1 N–H and O–H groups in total. The molecule has 0 aromatic carbocycles.